The van der Waals surface area contributed by atoms with Crippen LogP contribution in [0.1, 0.15) is 20.3 Å². The fourth-order valence-electron chi connectivity index (χ4n) is 1.92. The molecular formula is C12H13BrN2O2. The van der Waals surface area contributed by atoms with Crippen LogP contribution in [0.25, 0.3) is 0 Å². The van der Waals surface area contributed by atoms with Crippen molar-refractivity contribution in [1.82, 2.24) is 0 Å². The Morgan fingerprint density at radius 2 is 2.00 bits per heavy atom. The summed E-state index contributed by atoms with van der Waals surface area (Å²) in [6.07, 6.45) is 0.224. The van der Waals surface area contributed by atoms with E-state index in [4.69, 9.17) is 5.73 Å². The van der Waals surface area contributed by atoms with Crippen molar-refractivity contribution in [3.05, 3.63) is 22.7 Å². The summed E-state index contributed by atoms with van der Waals surface area (Å²) in [5.74, 6) is -0.398. The average molecular weight is 297 g/mol. The maximum atomic E-state index is 12.1. The molecule has 1 saturated heterocycles. The first kappa shape index (κ1) is 12.1. The zero-order valence-electron chi connectivity index (χ0n) is 9.66. The summed E-state index contributed by atoms with van der Waals surface area (Å²) in [7, 11) is 0. The van der Waals surface area contributed by atoms with Crippen molar-refractivity contribution < 1.29 is 9.59 Å². The summed E-state index contributed by atoms with van der Waals surface area (Å²) < 4.78 is 0.817. The third-order valence-electron chi connectivity index (χ3n) is 2.86. The van der Waals surface area contributed by atoms with Crippen molar-refractivity contribution >= 4 is 39.1 Å². The molecule has 0 bridgehead atoms. The lowest BCUT2D eigenvalue weighted by Gasteiger charge is -2.19. The molecule has 1 aromatic rings. The van der Waals surface area contributed by atoms with E-state index in [-0.39, 0.29) is 18.2 Å². The number of amides is 2. The van der Waals surface area contributed by atoms with Gasteiger partial charge in [-0.3, -0.25) is 9.59 Å². The minimum absolute atomic E-state index is 0.198. The molecule has 1 aromatic carbocycles. The smallest absolute Gasteiger partial charge is 0.240 e. The molecule has 5 heteroatoms. The number of halogens is 1. The first-order valence-corrected chi connectivity index (χ1v) is 6.04. The second-order valence-corrected chi connectivity index (χ2v) is 5.71. The van der Waals surface area contributed by atoms with E-state index in [0.29, 0.717) is 11.4 Å². The Kier molecular flexibility index (Phi) is 2.73. The summed E-state index contributed by atoms with van der Waals surface area (Å²) in [4.78, 5) is 25.2. The van der Waals surface area contributed by atoms with E-state index in [1.165, 1.54) is 4.90 Å². The Labute approximate surface area is 108 Å². The molecule has 1 heterocycles. The predicted molar refractivity (Wildman–Crippen MR) is 69.4 cm³/mol. The largest absolute Gasteiger partial charge is 0.397 e. The van der Waals surface area contributed by atoms with Crippen LogP contribution in [0.4, 0.5) is 11.4 Å². The molecule has 90 valence electrons. The SMILES string of the molecule is CC1(C)CC(=O)N(c2ccc(Br)cc2N)C1=O. The van der Waals surface area contributed by atoms with Crippen LogP contribution in [0.3, 0.4) is 0 Å². The number of hydrogen-bond acceptors (Lipinski definition) is 3. The van der Waals surface area contributed by atoms with Crippen molar-refractivity contribution in [1.29, 1.82) is 0 Å². The Hall–Kier alpha value is -1.36. The van der Waals surface area contributed by atoms with Gasteiger partial charge in [-0.2, -0.15) is 0 Å². The molecule has 4 nitrogen and oxygen atoms in total. The number of nitrogens with zero attached hydrogens (tertiary/aromatic N) is 1. The lowest BCUT2D eigenvalue weighted by molar-refractivity contribution is -0.124. The normalized spacial score (nSPS) is 18.9. The van der Waals surface area contributed by atoms with E-state index in [1.54, 1.807) is 32.0 Å². The predicted octanol–water partition coefficient (Wildman–Crippen LogP) is 2.32. The number of benzene rings is 1. The Morgan fingerprint density at radius 3 is 2.47 bits per heavy atom. The van der Waals surface area contributed by atoms with Gasteiger partial charge in [-0.1, -0.05) is 29.8 Å². The van der Waals surface area contributed by atoms with E-state index in [1.807, 2.05) is 0 Å². The Bertz CT molecular complexity index is 511. The molecule has 2 amide bonds. The summed E-state index contributed by atoms with van der Waals surface area (Å²) in [5, 5.41) is 0. The molecule has 1 aliphatic heterocycles. The second kappa shape index (κ2) is 3.84. The van der Waals surface area contributed by atoms with Crippen LogP contribution in [-0.4, -0.2) is 11.8 Å². The highest BCUT2D eigenvalue weighted by atomic mass is 79.9. The van der Waals surface area contributed by atoms with E-state index >= 15 is 0 Å². The first-order chi connectivity index (χ1) is 7.83. The van der Waals surface area contributed by atoms with Crippen LogP contribution < -0.4 is 10.6 Å². The molecule has 0 spiro atoms. The molecule has 1 fully saturated rings. The molecule has 0 aromatic heterocycles. The highest BCUT2D eigenvalue weighted by Gasteiger charge is 2.45. The molecule has 2 rings (SSSR count). The van der Waals surface area contributed by atoms with Crippen molar-refractivity contribution in [2.45, 2.75) is 20.3 Å². The maximum absolute atomic E-state index is 12.1. The number of nitrogens with two attached hydrogens (primary N) is 1. The molecule has 2 N–H and O–H groups in total. The standard InChI is InChI=1S/C12H13BrN2O2/c1-12(2)6-10(16)15(11(12)17)9-4-3-7(13)5-8(9)14/h3-5H,6,14H2,1-2H3. The molecule has 0 unspecified atom stereocenters. The Morgan fingerprint density at radius 1 is 1.35 bits per heavy atom. The van der Waals surface area contributed by atoms with E-state index in [2.05, 4.69) is 15.9 Å². The van der Waals surface area contributed by atoms with Gasteiger partial charge in [0.25, 0.3) is 0 Å². The van der Waals surface area contributed by atoms with Gasteiger partial charge in [0.15, 0.2) is 0 Å². The fraction of sp³-hybridized carbons (Fsp3) is 0.333. The Balaban J connectivity index is 2.48. The number of carbonyl (C=O) groups is 2. The summed E-state index contributed by atoms with van der Waals surface area (Å²) in [6.45, 7) is 3.53. The average Bonchev–Trinajstić information content (AvgIpc) is 2.39. The molecule has 0 saturated carbocycles. The van der Waals surface area contributed by atoms with Crippen LogP contribution in [0.5, 0.6) is 0 Å². The zero-order chi connectivity index (χ0) is 12.8. The van der Waals surface area contributed by atoms with Gasteiger partial charge in [0, 0.05) is 10.9 Å². The van der Waals surface area contributed by atoms with Crippen molar-refractivity contribution in [3.8, 4) is 0 Å². The third kappa shape index (κ3) is 1.95. The number of hydrogen-bond donors (Lipinski definition) is 1. The van der Waals surface area contributed by atoms with Crippen LogP contribution in [0.2, 0.25) is 0 Å². The van der Waals surface area contributed by atoms with Gasteiger partial charge in [0.2, 0.25) is 11.8 Å². The molecule has 0 atom stereocenters. The third-order valence-corrected chi connectivity index (χ3v) is 3.35. The maximum Gasteiger partial charge on any atom is 0.240 e. The highest BCUT2D eigenvalue weighted by Crippen LogP contribution is 2.37. The molecule has 17 heavy (non-hydrogen) atoms. The minimum Gasteiger partial charge on any atom is -0.397 e. The summed E-state index contributed by atoms with van der Waals surface area (Å²) in [5.41, 5.74) is 6.08. The molecular weight excluding hydrogens is 284 g/mol. The van der Waals surface area contributed by atoms with E-state index in [0.717, 1.165) is 4.47 Å². The molecule has 0 aliphatic carbocycles. The summed E-state index contributed by atoms with van der Waals surface area (Å²) >= 11 is 3.29. The quantitative estimate of drug-likeness (QED) is 0.639. The monoisotopic (exact) mass is 296 g/mol. The topological polar surface area (TPSA) is 63.4 Å². The van der Waals surface area contributed by atoms with E-state index in [9.17, 15) is 9.59 Å². The zero-order valence-corrected chi connectivity index (χ0v) is 11.2. The van der Waals surface area contributed by atoms with Crippen LogP contribution >= 0.6 is 15.9 Å². The van der Waals surface area contributed by atoms with E-state index < -0.39 is 5.41 Å². The fourth-order valence-corrected chi connectivity index (χ4v) is 2.30. The van der Waals surface area contributed by atoms with Crippen LogP contribution in [0.15, 0.2) is 22.7 Å². The van der Waals surface area contributed by atoms with Crippen molar-refractivity contribution in [3.63, 3.8) is 0 Å². The van der Waals surface area contributed by atoms with Gasteiger partial charge in [0.05, 0.1) is 16.8 Å². The number of carbonyl (C=O) groups excluding carboxylic acids is 2. The first-order valence-electron chi connectivity index (χ1n) is 5.25. The number of imide groups is 1. The second-order valence-electron chi connectivity index (χ2n) is 4.80. The lowest BCUT2D eigenvalue weighted by atomic mass is 9.92. The number of nitrogen functional groups attached to an aromatic ring is 1. The lowest BCUT2D eigenvalue weighted by Crippen LogP contribution is -2.33. The molecule has 0 radical (unpaired) electrons. The summed E-state index contributed by atoms with van der Waals surface area (Å²) in [6, 6.07) is 5.12. The van der Waals surface area contributed by atoms with Gasteiger partial charge < -0.3 is 5.73 Å². The number of anilines is 2. The van der Waals surface area contributed by atoms with Gasteiger partial charge in [-0.25, -0.2) is 4.90 Å². The number of rotatable bonds is 1. The van der Waals surface area contributed by atoms with Crippen molar-refractivity contribution in [2.75, 3.05) is 10.6 Å². The minimum atomic E-state index is -0.642. The van der Waals surface area contributed by atoms with Crippen molar-refractivity contribution in [2.24, 2.45) is 5.41 Å². The van der Waals surface area contributed by atoms with Gasteiger partial charge >= 0.3 is 0 Å². The van der Waals surface area contributed by atoms with Crippen LogP contribution in [0, 0.1) is 5.41 Å². The highest BCUT2D eigenvalue weighted by molar-refractivity contribution is 9.10. The van der Waals surface area contributed by atoms with Gasteiger partial charge in [-0.15, -0.1) is 0 Å². The van der Waals surface area contributed by atoms with Gasteiger partial charge in [0.1, 0.15) is 0 Å². The molecule has 1 aliphatic rings. The van der Waals surface area contributed by atoms with Crippen LogP contribution in [-0.2, 0) is 9.59 Å². The van der Waals surface area contributed by atoms with Gasteiger partial charge in [-0.05, 0) is 18.2 Å².